The maximum atomic E-state index is 12.1. The molecule has 1 unspecified atom stereocenters. The monoisotopic (exact) mass is 235 g/mol. The first-order chi connectivity index (χ1) is 5.51. The molecule has 1 N–H and O–H groups in total. The summed E-state index contributed by atoms with van der Waals surface area (Å²) < 4.78 is 46.1. The summed E-state index contributed by atoms with van der Waals surface area (Å²) in [7, 11) is -3.08. The molecule has 0 spiro atoms. The van der Waals surface area contributed by atoms with Gasteiger partial charge in [0, 0.05) is 6.54 Å². The minimum atomic E-state index is -3.08. The van der Waals surface area contributed by atoms with Crippen LogP contribution in [-0.2, 0) is 9.84 Å². The molecule has 1 rings (SSSR count). The van der Waals surface area contributed by atoms with Crippen LogP contribution in [0, 0.1) is 0 Å². The van der Waals surface area contributed by atoms with Crippen LogP contribution < -0.4 is 5.32 Å². The van der Waals surface area contributed by atoms with Crippen molar-refractivity contribution in [2.75, 3.05) is 18.1 Å². The Morgan fingerprint density at radius 2 is 1.92 bits per heavy atom. The number of nitrogens with one attached hydrogen (secondary N) is 1. The smallest absolute Gasteiger partial charge is 0.253 e. The zero-order valence-corrected chi connectivity index (χ0v) is 8.51. The van der Waals surface area contributed by atoms with Gasteiger partial charge >= 0.3 is 0 Å². The number of halogens is 3. The second-order valence-electron chi connectivity index (χ2n) is 2.84. The topological polar surface area (TPSA) is 46.2 Å². The van der Waals surface area contributed by atoms with Crippen molar-refractivity contribution < 1.29 is 17.2 Å². The lowest BCUT2D eigenvalue weighted by atomic mass is 10.2. The highest BCUT2D eigenvalue weighted by Gasteiger charge is 2.26. The van der Waals surface area contributed by atoms with Crippen LogP contribution in [0.2, 0.25) is 0 Å². The third-order valence-electron chi connectivity index (χ3n) is 1.86. The van der Waals surface area contributed by atoms with Crippen LogP contribution in [0.15, 0.2) is 0 Å². The summed E-state index contributed by atoms with van der Waals surface area (Å²) in [5.41, 5.74) is 0. The van der Waals surface area contributed by atoms with Crippen molar-refractivity contribution in [2.24, 2.45) is 0 Å². The Morgan fingerprint density at radius 1 is 1.31 bits per heavy atom. The lowest BCUT2D eigenvalue weighted by Crippen LogP contribution is -2.35. The van der Waals surface area contributed by atoms with E-state index < -0.39 is 22.3 Å². The molecule has 1 atom stereocenters. The Morgan fingerprint density at radius 3 is 2.46 bits per heavy atom. The zero-order valence-electron chi connectivity index (χ0n) is 6.87. The fourth-order valence-corrected chi connectivity index (χ4v) is 2.37. The van der Waals surface area contributed by atoms with Crippen molar-refractivity contribution in [3.63, 3.8) is 0 Å². The van der Waals surface area contributed by atoms with Crippen LogP contribution in [0.25, 0.3) is 0 Å². The van der Waals surface area contributed by atoms with E-state index in [2.05, 4.69) is 5.32 Å². The molecule has 0 amide bonds. The van der Waals surface area contributed by atoms with Gasteiger partial charge in [-0.25, -0.2) is 17.2 Å². The van der Waals surface area contributed by atoms with Crippen LogP contribution in [0.1, 0.15) is 6.42 Å². The van der Waals surface area contributed by atoms with Gasteiger partial charge in [-0.15, -0.1) is 12.4 Å². The van der Waals surface area contributed by atoms with Gasteiger partial charge < -0.3 is 5.32 Å². The van der Waals surface area contributed by atoms with E-state index >= 15 is 0 Å². The van der Waals surface area contributed by atoms with Crippen molar-refractivity contribution in [3.8, 4) is 0 Å². The molecule has 0 aromatic rings. The second kappa shape index (κ2) is 5.07. The normalized spacial score (nSPS) is 27.8. The molecular formula is C6H12ClF2NO2S. The molecule has 1 saturated heterocycles. The molecule has 1 fully saturated rings. The van der Waals surface area contributed by atoms with Gasteiger partial charge in [0.1, 0.15) is 0 Å². The molecule has 80 valence electrons. The molecule has 0 aromatic carbocycles. The first-order valence-electron chi connectivity index (χ1n) is 3.73. The number of hydrogen-bond donors (Lipinski definition) is 1. The number of hydrogen-bond acceptors (Lipinski definition) is 3. The van der Waals surface area contributed by atoms with Crippen LogP contribution in [0.5, 0.6) is 0 Å². The molecule has 1 heterocycles. The standard InChI is InChI=1S/C6H11F2NO2S.ClH/c7-6(8)5-1-3-12(10,11)4-2-9-5;/h5-6,9H,1-4H2;1H. The van der Waals surface area contributed by atoms with E-state index in [0.717, 1.165) is 0 Å². The van der Waals surface area contributed by atoms with E-state index in [1.807, 2.05) is 0 Å². The fourth-order valence-electron chi connectivity index (χ4n) is 1.13. The van der Waals surface area contributed by atoms with E-state index in [9.17, 15) is 17.2 Å². The highest BCUT2D eigenvalue weighted by Crippen LogP contribution is 2.10. The van der Waals surface area contributed by atoms with E-state index in [1.165, 1.54) is 0 Å². The predicted octanol–water partition coefficient (Wildman–Crippen LogP) is 0.450. The van der Waals surface area contributed by atoms with E-state index in [0.29, 0.717) is 0 Å². The molecule has 0 radical (unpaired) electrons. The van der Waals surface area contributed by atoms with Crippen LogP contribution in [0.3, 0.4) is 0 Å². The fraction of sp³-hybridized carbons (Fsp3) is 1.00. The van der Waals surface area contributed by atoms with Gasteiger partial charge in [0.2, 0.25) is 0 Å². The summed E-state index contributed by atoms with van der Waals surface area (Å²) in [4.78, 5) is 0. The van der Waals surface area contributed by atoms with Crippen molar-refractivity contribution in [2.45, 2.75) is 18.9 Å². The summed E-state index contributed by atoms with van der Waals surface area (Å²) in [6, 6.07) is -0.956. The lowest BCUT2D eigenvalue weighted by molar-refractivity contribution is 0.0986. The van der Waals surface area contributed by atoms with Crippen molar-refractivity contribution in [3.05, 3.63) is 0 Å². The molecule has 7 heteroatoms. The predicted molar refractivity (Wildman–Crippen MR) is 48.3 cm³/mol. The molecule has 0 bridgehead atoms. The molecule has 3 nitrogen and oxygen atoms in total. The lowest BCUT2D eigenvalue weighted by Gasteiger charge is -2.12. The first-order valence-corrected chi connectivity index (χ1v) is 5.55. The molecular weight excluding hydrogens is 224 g/mol. The van der Waals surface area contributed by atoms with Crippen LogP contribution in [-0.4, -0.2) is 38.9 Å². The Hall–Kier alpha value is 0.0600. The largest absolute Gasteiger partial charge is 0.308 e. The highest BCUT2D eigenvalue weighted by atomic mass is 35.5. The Bertz CT molecular complexity index is 245. The quantitative estimate of drug-likeness (QED) is 0.718. The van der Waals surface area contributed by atoms with Crippen molar-refractivity contribution >= 4 is 22.2 Å². The SMILES string of the molecule is Cl.O=S1(=O)CCNC(C(F)F)CC1. The summed E-state index contributed by atoms with van der Waals surface area (Å²) in [6.45, 7) is 0.136. The number of sulfone groups is 1. The average molecular weight is 236 g/mol. The number of rotatable bonds is 1. The van der Waals surface area contributed by atoms with Gasteiger partial charge in [0.15, 0.2) is 9.84 Å². The molecule has 0 saturated carbocycles. The molecule has 13 heavy (non-hydrogen) atoms. The third kappa shape index (κ3) is 4.19. The molecule has 1 aliphatic heterocycles. The Labute approximate surface area is 82.2 Å². The van der Waals surface area contributed by atoms with Gasteiger partial charge in [-0.05, 0) is 6.42 Å². The summed E-state index contributed by atoms with van der Waals surface area (Å²) in [5, 5.41) is 2.51. The van der Waals surface area contributed by atoms with Crippen molar-refractivity contribution in [1.82, 2.24) is 5.32 Å². The summed E-state index contributed by atoms with van der Waals surface area (Å²) in [5.74, 6) is -0.161. The zero-order chi connectivity index (χ0) is 9.19. The van der Waals surface area contributed by atoms with Gasteiger partial charge in [-0.3, -0.25) is 0 Å². The molecule has 0 aromatic heterocycles. The maximum Gasteiger partial charge on any atom is 0.253 e. The molecule has 1 aliphatic rings. The van der Waals surface area contributed by atoms with Crippen LogP contribution in [0.4, 0.5) is 8.78 Å². The Balaban J connectivity index is 0.00000144. The van der Waals surface area contributed by atoms with Crippen molar-refractivity contribution in [1.29, 1.82) is 0 Å². The van der Waals surface area contributed by atoms with Gasteiger partial charge in [-0.2, -0.15) is 0 Å². The highest BCUT2D eigenvalue weighted by molar-refractivity contribution is 7.91. The minimum absolute atomic E-state index is 0. The second-order valence-corrected chi connectivity index (χ2v) is 5.14. The minimum Gasteiger partial charge on any atom is -0.308 e. The maximum absolute atomic E-state index is 12.1. The van der Waals surface area contributed by atoms with E-state index in [4.69, 9.17) is 0 Å². The first kappa shape index (κ1) is 13.1. The van der Waals surface area contributed by atoms with Gasteiger partial charge in [0.25, 0.3) is 6.43 Å². The summed E-state index contributed by atoms with van der Waals surface area (Å²) >= 11 is 0. The Kier molecular flexibility index (Phi) is 5.09. The van der Waals surface area contributed by atoms with E-state index in [-0.39, 0.29) is 36.9 Å². The van der Waals surface area contributed by atoms with Crippen LogP contribution >= 0.6 is 12.4 Å². The average Bonchev–Trinajstić information content (AvgIpc) is 2.10. The number of alkyl halides is 2. The van der Waals surface area contributed by atoms with Gasteiger partial charge in [-0.1, -0.05) is 0 Å². The van der Waals surface area contributed by atoms with Gasteiger partial charge in [0.05, 0.1) is 17.5 Å². The summed E-state index contributed by atoms with van der Waals surface area (Å²) in [6.07, 6.45) is -2.46. The molecule has 0 aliphatic carbocycles. The van der Waals surface area contributed by atoms with E-state index in [1.54, 1.807) is 0 Å². The third-order valence-corrected chi connectivity index (χ3v) is 3.55.